The van der Waals surface area contributed by atoms with Crippen LogP contribution in [0.1, 0.15) is 23.1 Å². The molecule has 0 aliphatic heterocycles. The minimum atomic E-state index is 0.0101. The van der Waals surface area contributed by atoms with Crippen LogP contribution in [0.5, 0.6) is 0 Å². The molecule has 0 spiro atoms. The molecule has 0 bridgehead atoms. The summed E-state index contributed by atoms with van der Waals surface area (Å²) in [6.45, 7) is 3.95. The standard InChI is InChI=1S/C17H18ClNO/c1-12-6-8-14(9-7-12)10-11-17(20)19-16-5-3-4-15(18)13(16)2/h3-9H,10-11H2,1-2H3,(H,19,20). The molecule has 0 fully saturated rings. The fourth-order valence-electron chi connectivity index (χ4n) is 1.97. The van der Waals surface area contributed by atoms with E-state index in [2.05, 4.69) is 36.5 Å². The second kappa shape index (κ2) is 6.58. The maximum Gasteiger partial charge on any atom is 0.224 e. The number of anilines is 1. The van der Waals surface area contributed by atoms with Crippen LogP contribution < -0.4 is 5.32 Å². The highest BCUT2D eigenvalue weighted by atomic mass is 35.5. The largest absolute Gasteiger partial charge is 0.326 e. The molecule has 20 heavy (non-hydrogen) atoms. The Hall–Kier alpha value is -1.80. The summed E-state index contributed by atoms with van der Waals surface area (Å²) < 4.78 is 0. The molecule has 2 aromatic rings. The lowest BCUT2D eigenvalue weighted by atomic mass is 10.1. The van der Waals surface area contributed by atoms with Crippen molar-refractivity contribution < 1.29 is 4.79 Å². The topological polar surface area (TPSA) is 29.1 Å². The molecule has 0 aromatic heterocycles. The average Bonchev–Trinajstić information content (AvgIpc) is 2.43. The van der Waals surface area contributed by atoms with Crippen molar-refractivity contribution >= 4 is 23.2 Å². The minimum absolute atomic E-state index is 0.0101. The van der Waals surface area contributed by atoms with E-state index < -0.39 is 0 Å². The van der Waals surface area contributed by atoms with Crippen molar-refractivity contribution in [2.24, 2.45) is 0 Å². The predicted octanol–water partition coefficient (Wildman–Crippen LogP) is 4.53. The lowest BCUT2D eigenvalue weighted by Gasteiger charge is -2.09. The Labute approximate surface area is 124 Å². The van der Waals surface area contributed by atoms with Crippen LogP contribution in [-0.2, 0) is 11.2 Å². The van der Waals surface area contributed by atoms with Crippen LogP contribution >= 0.6 is 11.6 Å². The highest BCUT2D eigenvalue weighted by Crippen LogP contribution is 2.23. The van der Waals surface area contributed by atoms with Gasteiger partial charge >= 0.3 is 0 Å². The van der Waals surface area contributed by atoms with Crippen LogP contribution in [0, 0.1) is 13.8 Å². The Morgan fingerprint density at radius 3 is 2.50 bits per heavy atom. The van der Waals surface area contributed by atoms with E-state index in [1.54, 1.807) is 0 Å². The number of carbonyl (C=O) groups is 1. The summed E-state index contributed by atoms with van der Waals surface area (Å²) in [4.78, 5) is 12.0. The van der Waals surface area contributed by atoms with Crippen molar-refractivity contribution in [1.29, 1.82) is 0 Å². The van der Waals surface area contributed by atoms with Crippen LogP contribution in [0.2, 0.25) is 5.02 Å². The molecule has 104 valence electrons. The third-order valence-corrected chi connectivity index (χ3v) is 3.71. The van der Waals surface area contributed by atoms with Crippen LogP contribution in [0.25, 0.3) is 0 Å². The molecule has 0 atom stereocenters. The lowest BCUT2D eigenvalue weighted by molar-refractivity contribution is -0.116. The van der Waals surface area contributed by atoms with E-state index in [1.807, 2.05) is 25.1 Å². The van der Waals surface area contributed by atoms with Crippen LogP contribution in [0.3, 0.4) is 0 Å². The predicted molar refractivity (Wildman–Crippen MR) is 84.3 cm³/mol. The SMILES string of the molecule is Cc1ccc(CCC(=O)Nc2cccc(Cl)c2C)cc1. The van der Waals surface area contributed by atoms with Gasteiger partial charge < -0.3 is 5.32 Å². The number of amides is 1. The van der Waals surface area contributed by atoms with Gasteiger partial charge in [0.1, 0.15) is 0 Å². The Morgan fingerprint density at radius 2 is 1.80 bits per heavy atom. The zero-order chi connectivity index (χ0) is 14.5. The first-order valence-corrected chi connectivity index (χ1v) is 7.04. The quantitative estimate of drug-likeness (QED) is 0.879. The van der Waals surface area contributed by atoms with Crippen LogP contribution in [0.4, 0.5) is 5.69 Å². The van der Waals surface area contributed by atoms with Crippen molar-refractivity contribution in [3.05, 3.63) is 64.2 Å². The Bertz CT molecular complexity index is 605. The summed E-state index contributed by atoms with van der Waals surface area (Å²) in [6.07, 6.45) is 1.21. The van der Waals surface area contributed by atoms with Gasteiger partial charge in [-0.05, 0) is 43.5 Å². The molecule has 1 N–H and O–H groups in total. The third-order valence-electron chi connectivity index (χ3n) is 3.30. The Balaban J connectivity index is 1.92. The van der Waals surface area contributed by atoms with E-state index in [-0.39, 0.29) is 5.91 Å². The number of nitrogens with one attached hydrogen (secondary N) is 1. The first-order chi connectivity index (χ1) is 9.56. The summed E-state index contributed by atoms with van der Waals surface area (Å²) in [5.41, 5.74) is 4.09. The summed E-state index contributed by atoms with van der Waals surface area (Å²) in [5.74, 6) is 0.0101. The summed E-state index contributed by atoms with van der Waals surface area (Å²) in [7, 11) is 0. The van der Waals surface area contributed by atoms with E-state index >= 15 is 0 Å². The van der Waals surface area contributed by atoms with Crippen LogP contribution in [-0.4, -0.2) is 5.91 Å². The Kier molecular flexibility index (Phi) is 4.80. The van der Waals surface area contributed by atoms with Crippen LogP contribution in [0.15, 0.2) is 42.5 Å². The molecule has 0 heterocycles. The molecule has 0 saturated carbocycles. The van der Waals surface area contributed by atoms with Gasteiger partial charge in [-0.15, -0.1) is 0 Å². The number of aryl methyl sites for hydroxylation is 2. The van der Waals surface area contributed by atoms with E-state index in [0.717, 1.165) is 17.7 Å². The normalized spacial score (nSPS) is 10.3. The lowest BCUT2D eigenvalue weighted by Crippen LogP contribution is -2.13. The van der Waals surface area contributed by atoms with Gasteiger partial charge in [0, 0.05) is 17.1 Å². The molecule has 2 rings (SSSR count). The summed E-state index contributed by atoms with van der Waals surface area (Å²) >= 11 is 6.03. The number of hydrogen-bond donors (Lipinski definition) is 1. The number of rotatable bonds is 4. The van der Waals surface area contributed by atoms with E-state index in [0.29, 0.717) is 11.4 Å². The zero-order valence-corrected chi connectivity index (χ0v) is 12.5. The maximum absolute atomic E-state index is 12.0. The second-order valence-corrected chi connectivity index (χ2v) is 5.35. The number of benzene rings is 2. The molecule has 2 aromatic carbocycles. The smallest absolute Gasteiger partial charge is 0.224 e. The van der Waals surface area contributed by atoms with E-state index in [4.69, 9.17) is 11.6 Å². The van der Waals surface area contributed by atoms with E-state index in [9.17, 15) is 4.79 Å². The monoisotopic (exact) mass is 287 g/mol. The number of halogens is 1. The first-order valence-electron chi connectivity index (χ1n) is 6.67. The molecule has 0 aliphatic rings. The Morgan fingerprint density at radius 1 is 1.10 bits per heavy atom. The molecular formula is C17H18ClNO. The molecule has 3 heteroatoms. The highest BCUT2D eigenvalue weighted by molar-refractivity contribution is 6.31. The fourth-order valence-corrected chi connectivity index (χ4v) is 2.14. The highest BCUT2D eigenvalue weighted by Gasteiger charge is 2.07. The van der Waals surface area contributed by atoms with Crippen molar-refractivity contribution in [2.75, 3.05) is 5.32 Å². The molecule has 1 amide bonds. The minimum Gasteiger partial charge on any atom is -0.326 e. The number of hydrogen-bond acceptors (Lipinski definition) is 1. The number of carbonyl (C=O) groups excluding carboxylic acids is 1. The van der Waals surface area contributed by atoms with Gasteiger partial charge in [-0.25, -0.2) is 0 Å². The van der Waals surface area contributed by atoms with Gasteiger partial charge in [0.25, 0.3) is 0 Å². The zero-order valence-electron chi connectivity index (χ0n) is 11.7. The van der Waals surface area contributed by atoms with Gasteiger partial charge in [0.05, 0.1) is 0 Å². The van der Waals surface area contributed by atoms with Gasteiger partial charge in [-0.1, -0.05) is 47.5 Å². The van der Waals surface area contributed by atoms with Crippen molar-refractivity contribution in [3.8, 4) is 0 Å². The fraction of sp³-hybridized carbons (Fsp3) is 0.235. The van der Waals surface area contributed by atoms with Gasteiger partial charge in [0.15, 0.2) is 0 Å². The summed E-state index contributed by atoms with van der Waals surface area (Å²) in [6, 6.07) is 13.8. The van der Waals surface area contributed by atoms with Crippen molar-refractivity contribution in [3.63, 3.8) is 0 Å². The molecule has 0 saturated heterocycles. The molecule has 0 radical (unpaired) electrons. The molecular weight excluding hydrogens is 270 g/mol. The first kappa shape index (κ1) is 14.6. The average molecular weight is 288 g/mol. The van der Waals surface area contributed by atoms with E-state index in [1.165, 1.54) is 11.1 Å². The maximum atomic E-state index is 12.0. The molecule has 0 unspecified atom stereocenters. The molecule has 0 aliphatic carbocycles. The van der Waals surface area contributed by atoms with Crippen molar-refractivity contribution in [1.82, 2.24) is 0 Å². The summed E-state index contributed by atoms with van der Waals surface area (Å²) in [5, 5.41) is 3.58. The van der Waals surface area contributed by atoms with Gasteiger partial charge in [0.2, 0.25) is 5.91 Å². The molecule has 2 nitrogen and oxygen atoms in total. The van der Waals surface area contributed by atoms with Gasteiger partial charge in [-0.2, -0.15) is 0 Å². The van der Waals surface area contributed by atoms with Gasteiger partial charge in [-0.3, -0.25) is 4.79 Å². The van der Waals surface area contributed by atoms with Crippen molar-refractivity contribution in [2.45, 2.75) is 26.7 Å². The third kappa shape index (κ3) is 3.84. The second-order valence-electron chi connectivity index (χ2n) is 4.95.